The topological polar surface area (TPSA) is 236 Å². The van der Waals surface area contributed by atoms with E-state index in [1.807, 2.05) is 0 Å². The van der Waals surface area contributed by atoms with E-state index in [0.717, 1.165) is 12.2 Å². The third-order valence-corrected chi connectivity index (χ3v) is 4.43. The van der Waals surface area contributed by atoms with Gasteiger partial charge in [0, 0.05) is 17.7 Å². The molecule has 0 bridgehead atoms. The van der Waals surface area contributed by atoms with Crippen molar-refractivity contribution in [2.24, 2.45) is 17.3 Å². The Morgan fingerprint density at radius 2 is 1.40 bits per heavy atom. The molecule has 0 aliphatic carbocycles. The number of hydrogen-bond acceptors (Lipinski definition) is 10. The summed E-state index contributed by atoms with van der Waals surface area (Å²) in [6.45, 7) is 5.72. The summed E-state index contributed by atoms with van der Waals surface area (Å²) in [5.74, 6) is -9.33. The zero-order chi connectivity index (χ0) is 26.8. The lowest BCUT2D eigenvalue weighted by Gasteiger charge is -2.25. The van der Waals surface area contributed by atoms with Crippen molar-refractivity contribution in [3.8, 4) is 0 Å². The molecule has 2 rings (SSSR count). The Morgan fingerprint density at radius 1 is 0.914 bits per heavy atom. The van der Waals surface area contributed by atoms with Gasteiger partial charge in [0.25, 0.3) is 0 Å². The Bertz CT molecular complexity index is 928. The van der Waals surface area contributed by atoms with E-state index in [0.29, 0.717) is 0 Å². The fourth-order valence-electron chi connectivity index (χ4n) is 2.51. The number of rotatable bonds is 8. The summed E-state index contributed by atoms with van der Waals surface area (Å²) in [4.78, 5) is 83.9. The van der Waals surface area contributed by atoms with E-state index in [9.17, 15) is 38.4 Å². The summed E-state index contributed by atoms with van der Waals surface area (Å²) < 4.78 is 8.37. The first-order valence-corrected chi connectivity index (χ1v) is 9.27. The van der Waals surface area contributed by atoms with Crippen molar-refractivity contribution in [1.29, 1.82) is 0 Å². The minimum atomic E-state index is -1.60. The number of carbonyl (C=O) groups excluding carboxylic acids is 4. The Morgan fingerprint density at radius 3 is 1.63 bits per heavy atom. The molecule has 1 fully saturated rings. The Hall–Kier alpha value is -4.36. The molecule has 14 heteroatoms. The summed E-state index contributed by atoms with van der Waals surface area (Å²) in [5.41, 5.74) is -1.91. The molecule has 0 radical (unpaired) electrons. The molecule has 1 saturated heterocycles. The standard InChI is InChI=1S/C11H14O7.C5H6O4.C4H2O3.CH4/c1-5-6(9(15)18-8(5)14)3-11(2,10(16)17)4-7(12)13;1-3(5(8)9)2-4(6)7;5-3-1-2-4(6)7-3;/h5-6H,3-4H2,1-2H3,(H,12,13)(H,16,17);1-2H2,(H,6,7)(H,8,9);1-2H;1H4. The van der Waals surface area contributed by atoms with E-state index in [2.05, 4.69) is 16.1 Å². The molecular formula is C21H26O14. The van der Waals surface area contributed by atoms with Crippen molar-refractivity contribution in [2.75, 3.05) is 0 Å². The third-order valence-electron chi connectivity index (χ3n) is 4.43. The predicted molar refractivity (Wildman–Crippen MR) is 112 cm³/mol. The third kappa shape index (κ3) is 11.4. The van der Waals surface area contributed by atoms with Crippen LogP contribution in [-0.4, -0.2) is 68.2 Å². The van der Waals surface area contributed by atoms with E-state index in [-0.39, 0.29) is 19.4 Å². The molecule has 0 spiro atoms. The van der Waals surface area contributed by atoms with Gasteiger partial charge in [0.15, 0.2) is 0 Å². The van der Waals surface area contributed by atoms with Crippen molar-refractivity contribution in [3.63, 3.8) is 0 Å². The Balaban J connectivity index is 0. The van der Waals surface area contributed by atoms with Gasteiger partial charge in [0.2, 0.25) is 0 Å². The number of cyclic esters (lactones) is 4. The molecular weight excluding hydrogens is 476 g/mol. The fraction of sp³-hybridized carbons (Fsp3) is 0.429. The number of hydrogen-bond donors (Lipinski definition) is 4. The number of aliphatic carboxylic acids is 4. The first kappa shape index (κ1) is 32.8. The molecule has 2 heterocycles. The van der Waals surface area contributed by atoms with Crippen LogP contribution >= 0.6 is 0 Å². The number of esters is 4. The van der Waals surface area contributed by atoms with Crippen LogP contribution in [0.3, 0.4) is 0 Å². The SMILES string of the molecule is C.C=C(CC(=O)O)C(=O)O.CC1C(=O)OC(=O)C1CC(C)(CC(=O)O)C(=O)O.O=C1C=CC(=O)O1. The molecule has 0 saturated carbocycles. The van der Waals surface area contributed by atoms with E-state index in [4.69, 9.17) is 20.4 Å². The quantitative estimate of drug-likeness (QED) is 0.202. The zero-order valence-corrected chi connectivity index (χ0v) is 18.0. The van der Waals surface area contributed by atoms with Crippen LogP contribution < -0.4 is 0 Å². The van der Waals surface area contributed by atoms with Gasteiger partial charge in [-0.25, -0.2) is 14.4 Å². The molecule has 0 aromatic rings. The smallest absolute Gasteiger partial charge is 0.338 e. The van der Waals surface area contributed by atoms with Gasteiger partial charge >= 0.3 is 47.8 Å². The highest BCUT2D eigenvalue weighted by Gasteiger charge is 2.48. The van der Waals surface area contributed by atoms with Crippen molar-refractivity contribution in [2.45, 2.75) is 40.5 Å². The maximum absolute atomic E-state index is 11.4. The van der Waals surface area contributed by atoms with Crippen LogP contribution in [0.5, 0.6) is 0 Å². The molecule has 4 N–H and O–H groups in total. The lowest BCUT2D eigenvalue weighted by atomic mass is 9.75. The Labute approximate surface area is 198 Å². The van der Waals surface area contributed by atoms with Gasteiger partial charge in [-0.2, -0.15) is 0 Å². The van der Waals surface area contributed by atoms with E-state index in [1.165, 1.54) is 13.8 Å². The highest BCUT2D eigenvalue weighted by molar-refractivity contribution is 6.05. The summed E-state index contributed by atoms with van der Waals surface area (Å²) in [6.07, 6.45) is 0.813. The largest absolute Gasteiger partial charge is 0.481 e. The maximum Gasteiger partial charge on any atom is 0.338 e. The highest BCUT2D eigenvalue weighted by atomic mass is 16.6. The summed E-state index contributed by atoms with van der Waals surface area (Å²) >= 11 is 0. The number of carboxylic acids is 4. The zero-order valence-electron chi connectivity index (χ0n) is 18.0. The van der Waals surface area contributed by atoms with Gasteiger partial charge in [-0.15, -0.1) is 0 Å². The summed E-state index contributed by atoms with van der Waals surface area (Å²) in [7, 11) is 0. The number of carbonyl (C=O) groups is 8. The molecule has 35 heavy (non-hydrogen) atoms. The molecule has 2 aliphatic heterocycles. The van der Waals surface area contributed by atoms with E-state index < -0.39 is 77.8 Å². The first-order valence-electron chi connectivity index (χ1n) is 9.27. The molecule has 0 aromatic carbocycles. The van der Waals surface area contributed by atoms with Gasteiger partial charge < -0.3 is 29.9 Å². The van der Waals surface area contributed by atoms with Crippen LogP contribution in [0.15, 0.2) is 24.3 Å². The summed E-state index contributed by atoms with van der Waals surface area (Å²) in [5, 5.41) is 33.9. The van der Waals surface area contributed by atoms with Gasteiger partial charge in [-0.05, 0) is 13.3 Å². The average molecular weight is 502 g/mol. The van der Waals surface area contributed by atoms with Crippen LogP contribution in [0.1, 0.15) is 40.5 Å². The Kier molecular flexibility index (Phi) is 13.1. The maximum atomic E-state index is 11.4. The second-order valence-electron chi connectivity index (χ2n) is 7.33. The van der Waals surface area contributed by atoms with Crippen molar-refractivity contribution in [1.82, 2.24) is 0 Å². The summed E-state index contributed by atoms with van der Waals surface area (Å²) in [6, 6.07) is 0. The highest BCUT2D eigenvalue weighted by Crippen LogP contribution is 2.37. The predicted octanol–water partition coefficient (Wildman–Crippen LogP) is 0.642. The molecule has 0 aromatic heterocycles. The average Bonchev–Trinajstić information content (AvgIpc) is 3.17. The van der Waals surface area contributed by atoms with E-state index >= 15 is 0 Å². The molecule has 3 atom stereocenters. The van der Waals surface area contributed by atoms with Gasteiger partial charge in [-0.1, -0.05) is 20.9 Å². The molecule has 0 amide bonds. The monoisotopic (exact) mass is 502 g/mol. The van der Waals surface area contributed by atoms with Crippen LogP contribution in [0.4, 0.5) is 0 Å². The minimum Gasteiger partial charge on any atom is -0.481 e. The van der Waals surface area contributed by atoms with Crippen LogP contribution in [0.25, 0.3) is 0 Å². The first-order chi connectivity index (χ1) is 15.5. The van der Waals surface area contributed by atoms with Crippen molar-refractivity contribution >= 4 is 47.8 Å². The number of ether oxygens (including phenoxy) is 2. The van der Waals surface area contributed by atoms with Gasteiger partial charge in [-0.3, -0.25) is 24.0 Å². The minimum absolute atomic E-state index is 0. The molecule has 14 nitrogen and oxygen atoms in total. The van der Waals surface area contributed by atoms with Gasteiger partial charge in [0.1, 0.15) is 0 Å². The second-order valence-corrected chi connectivity index (χ2v) is 7.33. The van der Waals surface area contributed by atoms with Crippen LogP contribution in [0.2, 0.25) is 0 Å². The van der Waals surface area contributed by atoms with Crippen LogP contribution in [0, 0.1) is 17.3 Å². The molecule has 3 unspecified atom stereocenters. The molecule has 2 aliphatic rings. The molecule has 194 valence electrons. The number of carboxylic acid groups (broad SMARTS) is 4. The normalized spacial score (nSPS) is 19.4. The van der Waals surface area contributed by atoms with Crippen molar-refractivity contribution < 1.29 is 68.3 Å². The van der Waals surface area contributed by atoms with E-state index in [1.54, 1.807) is 0 Å². The van der Waals surface area contributed by atoms with Gasteiger partial charge in [0.05, 0.1) is 30.1 Å². The van der Waals surface area contributed by atoms with Crippen molar-refractivity contribution in [3.05, 3.63) is 24.3 Å². The lowest BCUT2D eigenvalue weighted by Crippen LogP contribution is -2.35. The van der Waals surface area contributed by atoms with Crippen LogP contribution in [-0.2, 0) is 47.8 Å². The fourth-order valence-corrected chi connectivity index (χ4v) is 2.51. The lowest BCUT2D eigenvalue weighted by molar-refractivity contribution is -0.158. The second kappa shape index (κ2) is 14.0.